The molecular formula is C21H21N3O4. The predicted molar refractivity (Wildman–Crippen MR) is 106 cm³/mol. The first-order valence-electron chi connectivity index (χ1n) is 9.22. The van der Waals surface area contributed by atoms with Gasteiger partial charge >= 0.3 is 5.69 Å². The second-order valence-corrected chi connectivity index (χ2v) is 6.97. The van der Waals surface area contributed by atoms with Crippen molar-refractivity contribution in [3.63, 3.8) is 0 Å². The number of fused-ring (bicyclic) bond motifs is 1. The summed E-state index contributed by atoms with van der Waals surface area (Å²) in [4.78, 5) is 39.0. The number of aromatic nitrogens is 2. The second kappa shape index (κ2) is 6.99. The van der Waals surface area contributed by atoms with Crippen LogP contribution in [0.2, 0.25) is 0 Å². The van der Waals surface area contributed by atoms with Gasteiger partial charge in [0.25, 0.3) is 5.56 Å². The molecule has 3 aromatic rings. The molecule has 7 heteroatoms. The van der Waals surface area contributed by atoms with Crippen LogP contribution in [0.4, 0.5) is 0 Å². The van der Waals surface area contributed by atoms with Gasteiger partial charge in [-0.05, 0) is 56.2 Å². The molecule has 0 radical (unpaired) electrons. The van der Waals surface area contributed by atoms with Crippen LogP contribution in [0.5, 0.6) is 5.75 Å². The lowest BCUT2D eigenvalue weighted by atomic mass is 10.2. The van der Waals surface area contributed by atoms with Crippen LogP contribution < -0.4 is 21.3 Å². The number of hydrogen-bond acceptors (Lipinski definition) is 4. The summed E-state index contributed by atoms with van der Waals surface area (Å²) in [6, 6.07) is 13.0. The summed E-state index contributed by atoms with van der Waals surface area (Å²) in [7, 11) is 1.55. The number of carbonyl (C=O) groups is 1. The Morgan fingerprint density at radius 3 is 2.43 bits per heavy atom. The lowest BCUT2D eigenvalue weighted by Gasteiger charge is -2.19. The largest absolute Gasteiger partial charge is 0.497 e. The predicted octanol–water partition coefficient (Wildman–Crippen LogP) is 2.00. The van der Waals surface area contributed by atoms with Crippen LogP contribution in [-0.4, -0.2) is 28.2 Å². The van der Waals surface area contributed by atoms with Crippen LogP contribution >= 0.6 is 0 Å². The van der Waals surface area contributed by atoms with Gasteiger partial charge in [-0.2, -0.15) is 0 Å². The first kappa shape index (κ1) is 18.0. The number of benzene rings is 2. The molecule has 1 atom stereocenters. The van der Waals surface area contributed by atoms with Gasteiger partial charge < -0.3 is 10.1 Å². The normalized spacial score (nSPS) is 14.6. The molecule has 0 aliphatic heterocycles. The summed E-state index contributed by atoms with van der Waals surface area (Å²) >= 11 is 0. The quantitative estimate of drug-likeness (QED) is 0.735. The highest BCUT2D eigenvalue weighted by Crippen LogP contribution is 2.21. The van der Waals surface area contributed by atoms with E-state index >= 15 is 0 Å². The van der Waals surface area contributed by atoms with Crippen molar-refractivity contribution >= 4 is 16.8 Å². The Balaban J connectivity index is 1.94. The van der Waals surface area contributed by atoms with Crippen molar-refractivity contribution in [2.45, 2.75) is 31.8 Å². The number of rotatable bonds is 5. The van der Waals surface area contributed by atoms with E-state index in [1.165, 1.54) is 4.57 Å². The highest BCUT2D eigenvalue weighted by Gasteiger charge is 2.28. The first-order valence-corrected chi connectivity index (χ1v) is 9.22. The first-order chi connectivity index (χ1) is 13.5. The zero-order valence-corrected chi connectivity index (χ0v) is 15.7. The van der Waals surface area contributed by atoms with Gasteiger partial charge in [0.05, 0.1) is 23.7 Å². The van der Waals surface area contributed by atoms with E-state index in [-0.39, 0.29) is 11.9 Å². The fourth-order valence-corrected chi connectivity index (χ4v) is 3.28. The summed E-state index contributed by atoms with van der Waals surface area (Å²) in [6.45, 7) is 1.67. The maximum atomic E-state index is 13.3. The molecule has 1 amide bonds. The lowest BCUT2D eigenvalue weighted by Crippen LogP contribution is -2.44. The maximum Gasteiger partial charge on any atom is 0.336 e. The minimum absolute atomic E-state index is 0.185. The molecule has 1 aliphatic rings. The van der Waals surface area contributed by atoms with Crippen molar-refractivity contribution in [3.8, 4) is 11.4 Å². The van der Waals surface area contributed by atoms with E-state index in [4.69, 9.17) is 4.74 Å². The molecule has 1 heterocycles. The number of methoxy groups -OCH3 is 1. The van der Waals surface area contributed by atoms with Crippen molar-refractivity contribution in [1.82, 2.24) is 14.5 Å². The van der Waals surface area contributed by atoms with Crippen LogP contribution in [0.3, 0.4) is 0 Å². The summed E-state index contributed by atoms with van der Waals surface area (Å²) in [6.07, 6.45) is 1.92. The standard InChI is InChI=1S/C21H21N3O4/c1-13(19(25)22-14-7-8-14)23-18-6-4-3-5-17(18)20(26)24(21(23)27)15-9-11-16(28-2)12-10-15/h3-6,9-14H,7-8H2,1-2H3,(H,22,25)/t13-/m1/s1. The van der Waals surface area contributed by atoms with Gasteiger partial charge in [-0.3, -0.25) is 14.2 Å². The van der Waals surface area contributed by atoms with Gasteiger partial charge in [0.1, 0.15) is 11.8 Å². The van der Waals surface area contributed by atoms with E-state index in [0.717, 1.165) is 17.4 Å². The molecule has 0 unspecified atom stereocenters. The van der Waals surface area contributed by atoms with E-state index in [1.54, 1.807) is 62.6 Å². The number of para-hydroxylation sites is 1. The number of nitrogens with one attached hydrogen (secondary N) is 1. The minimum Gasteiger partial charge on any atom is -0.497 e. The van der Waals surface area contributed by atoms with Gasteiger partial charge in [0, 0.05) is 6.04 Å². The van der Waals surface area contributed by atoms with Gasteiger partial charge in [-0.25, -0.2) is 9.36 Å². The highest BCUT2D eigenvalue weighted by molar-refractivity contribution is 5.84. The molecule has 1 N–H and O–H groups in total. The Bertz CT molecular complexity index is 1160. The molecule has 28 heavy (non-hydrogen) atoms. The van der Waals surface area contributed by atoms with Crippen molar-refractivity contribution in [3.05, 3.63) is 69.4 Å². The molecule has 0 saturated heterocycles. The van der Waals surface area contributed by atoms with Crippen molar-refractivity contribution < 1.29 is 9.53 Å². The van der Waals surface area contributed by atoms with E-state index in [0.29, 0.717) is 22.3 Å². The minimum atomic E-state index is -0.747. The molecule has 0 bridgehead atoms. The SMILES string of the molecule is COc1ccc(-n2c(=O)c3ccccc3n([C@H](C)C(=O)NC3CC3)c2=O)cc1. The Labute approximate surface area is 161 Å². The Morgan fingerprint density at radius 2 is 1.79 bits per heavy atom. The number of amides is 1. The molecule has 1 aromatic heterocycles. The Kier molecular flexibility index (Phi) is 4.50. The van der Waals surface area contributed by atoms with Crippen LogP contribution in [0.1, 0.15) is 25.8 Å². The van der Waals surface area contributed by atoms with Gasteiger partial charge in [-0.15, -0.1) is 0 Å². The number of ether oxygens (including phenoxy) is 1. The molecule has 4 rings (SSSR count). The fourth-order valence-electron chi connectivity index (χ4n) is 3.28. The lowest BCUT2D eigenvalue weighted by molar-refractivity contribution is -0.124. The zero-order chi connectivity index (χ0) is 19.8. The van der Waals surface area contributed by atoms with E-state index < -0.39 is 17.3 Å². The Morgan fingerprint density at radius 1 is 1.11 bits per heavy atom. The molecular weight excluding hydrogens is 358 g/mol. The van der Waals surface area contributed by atoms with Crippen LogP contribution in [0.25, 0.3) is 16.6 Å². The van der Waals surface area contributed by atoms with E-state index in [1.807, 2.05) is 0 Å². The van der Waals surface area contributed by atoms with E-state index in [9.17, 15) is 14.4 Å². The van der Waals surface area contributed by atoms with Crippen LogP contribution in [0.15, 0.2) is 58.1 Å². The average molecular weight is 379 g/mol. The zero-order valence-electron chi connectivity index (χ0n) is 15.7. The van der Waals surface area contributed by atoms with Gasteiger partial charge in [0.15, 0.2) is 0 Å². The number of hydrogen-bond donors (Lipinski definition) is 1. The van der Waals surface area contributed by atoms with Crippen molar-refractivity contribution in [2.24, 2.45) is 0 Å². The molecule has 7 nitrogen and oxygen atoms in total. The second-order valence-electron chi connectivity index (χ2n) is 6.97. The van der Waals surface area contributed by atoms with E-state index in [2.05, 4.69) is 5.32 Å². The smallest absolute Gasteiger partial charge is 0.336 e. The highest BCUT2D eigenvalue weighted by atomic mass is 16.5. The summed E-state index contributed by atoms with van der Waals surface area (Å²) in [5.41, 5.74) is -0.102. The third kappa shape index (κ3) is 3.09. The Hall–Kier alpha value is -3.35. The number of nitrogens with zero attached hydrogens (tertiary/aromatic N) is 2. The summed E-state index contributed by atoms with van der Waals surface area (Å²) in [5.74, 6) is 0.393. The monoisotopic (exact) mass is 379 g/mol. The van der Waals surface area contributed by atoms with Crippen LogP contribution in [0, 0.1) is 0 Å². The molecule has 2 aromatic carbocycles. The van der Waals surface area contributed by atoms with Crippen molar-refractivity contribution in [2.75, 3.05) is 7.11 Å². The van der Waals surface area contributed by atoms with Crippen LogP contribution in [-0.2, 0) is 4.79 Å². The molecule has 1 fully saturated rings. The number of carbonyl (C=O) groups excluding carboxylic acids is 1. The fraction of sp³-hybridized carbons (Fsp3) is 0.286. The van der Waals surface area contributed by atoms with Crippen molar-refractivity contribution in [1.29, 1.82) is 0 Å². The van der Waals surface area contributed by atoms with Gasteiger partial charge in [0.2, 0.25) is 5.91 Å². The molecule has 144 valence electrons. The maximum absolute atomic E-state index is 13.3. The van der Waals surface area contributed by atoms with Gasteiger partial charge in [-0.1, -0.05) is 12.1 Å². The molecule has 0 spiro atoms. The summed E-state index contributed by atoms with van der Waals surface area (Å²) in [5, 5.41) is 3.31. The molecule has 1 saturated carbocycles. The summed E-state index contributed by atoms with van der Waals surface area (Å²) < 4.78 is 7.64. The third-order valence-corrected chi connectivity index (χ3v) is 5.02. The third-order valence-electron chi connectivity index (χ3n) is 5.02. The topological polar surface area (TPSA) is 82.3 Å². The molecule has 1 aliphatic carbocycles. The average Bonchev–Trinajstić information content (AvgIpc) is 3.52.